The molecule has 0 spiro atoms. The molecule has 0 bridgehead atoms. The molecular formula is C10H13NO2S. The van der Waals surface area contributed by atoms with Gasteiger partial charge in [0.25, 0.3) is 0 Å². The molecule has 0 aliphatic heterocycles. The number of carbonyl (C=O) groups excluding carboxylic acids is 1. The third-order valence-corrected chi connectivity index (χ3v) is 2.70. The van der Waals surface area contributed by atoms with Crippen LogP contribution in [-0.4, -0.2) is 18.8 Å². The lowest BCUT2D eigenvalue weighted by Crippen LogP contribution is -2.02. The van der Waals surface area contributed by atoms with E-state index in [9.17, 15) is 4.79 Å². The molecule has 2 N–H and O–H groups in total. The van der Waals surface area contributed by atoms with Crippen LogP contribution in [0.25, 0.3) is 0 Å². The van der Waals surface area contributed by atoms with Crippen molar-refractivity contribution in [3.8, 4) is 0 Å². The second-order valence-corrected chi connectivity index (χ2v) is 3.98. The predicted octanol–water partition coefficient (Wildman–Crippen LogP) is 2.17. The zero-order valence-corrected chi connectivity index (χ0v) is 9.06. The molecule has 0 aliphatic carbocycles. The van der Waals surface area contributed by atoms with Crippen molar-refractivity contribution >= 4 is 23.4 Å². The van der Waals surface area contributed by atoms with Gasteiger partial charge in [-0.25, -0.2) is 4.79 Å². The molecule has 1 aromatic carbocycles. The van der Waals surface area contributed by atoms with Gasteiger partial charge in [-0.05, 0) is 24.0 Å². The molecule has 0 saturated heterocycles. The first-order chi connectivity index (χ1) is 6.69. The second-order valence-electron chi connectivity index (χ2n) is 2.68. The van der Waals surface area contributed by atoms with Crippen molar-refractivity contribution in [2.75, 3.05) is 18.6 Å². The summed E-state index contributed by atoms with van der Waals surface area (Å²) in [5, 5.41) is 0. The maximum absolute atomic E-state index is 11.2. The van der Waals surface area contributed by atoms with E-state index in [1.54, 1.807) is 23.9 Å². The van der Waals surface area contributed by atoms with Crippen molar-refractivity contribution in [1.29, 1.82) is 0 Å². The van der Waals surface area contributed by atoms with Crippen molar-refractivity contribution in [3.05, 3.63) is 23.8 Å². The summed E-state index contributed by atoms with van der Waals surface area (Å²) in [6, 6.07) is 5.21. The van der Waals surface area contributed by atoms with Crippen molar-refractivity contribution in [2.24, 2.45) is 0 Å². The smallest absolute Gasteiger partial charge is 0.337 e. The second kappa shape index (κ2) is 4.91. The van der Waals surface area contributed by atoms with E-state index in [1.807, 2.05) is 6.07 Å². The number of methoxy groups -OCH3 is 1. The number of thioether (sulfide) groups is 1. The Morgan fingerprint density at radius 2 is 2.29 bits per heavy atom. The number of anilines is 1. The predicted molar refractivity (Wildman–Crippen MR) is 58.6 cm³/mol. The zero-order chi connectivity index (χ0) is 10.6. The Morgan fingerprint density at radius 3 is 2.79 bits per heavy atom. The molecule has 0 fully saturated rings. The van der Waals surface area contributed by atoms with Crippen LogP contribution in [-0.2, 0) is 4.74 Å². The van der Waals surface area contributed by atoms with Crippen LogP contribution in [0.4, 0.5) is 5.69 Å². The molecule has 4 heteroatoms. The molecule has 0 aromatic heterocycles. The number of carbonyl (C=O) groups is 1. The third-order valence-electron chi connectivity index (χ3n) is 1.73. The average Bonchev–Trinajstić information content (AvgIpc) is 2.20. The van der Waals surface area contributed by atoms with Gasteiger partial charge in [0.05, 0.1) is 12.7 Å². The molecule has 0 aliphatic rings. The van der Waals surface area contributed by atoms with Gasteiger partial charge in [-0.1, -0.05) is 6.92 Å². The van der Waals surface area contributed by atoms with Crippen LogP contribution in [0, 0.1) is 0 Å². The quantitative estimate of drug-likeness (QED) is 0.473. The van der Waals surface area contributed by atoms with Crippen molar-refractivity contribution < 1.29 is 9.53 Å². The molecule has 76 valence electrons. The number of nitrogens with two attached hydrogens (primary N) is 1. The van der Waals surface area contributed by atoms with E-state index in [-0.39, 0.29) is 5.97 Å². The topological polar surface area (TPSA) is 52.3 Å². The number of nitrogen functional groups attached to an aromatic ring is 1. The number of hydrogen-bond donors (Lipinski definition) is 1. The highest BCUT2D eigenvalue weighted by Crippen LogP contribution is 2.25. The minimum atomic E-state index is -0.357. The first kappa shape index (κ1) is 10.9. The summed E-state index contributed by atoms with van der Waals surface area (Å²) in [6.45, 7) is 2.05. The Morgan fingerprint density at radius 1 is 1.57 bits per heavy atom. The Bertz CT molecular complexity index is 339. The molecule has 0 heterocycles. The number of esters is 1. The summed E-state index contributed by atoms with van der Waals surface area (Å²) < 4.78 is 4.59. The average molecular weight is 211 g/mol. The van der Waals surface area contributed by atoms with Crippen molar-refractivity contribution in [3.63, 3.8) is 0 Å². The lowest BCUT2D eigenvalue weighted by atomic mass is 10.2. The highest BCUT2D eigenvalue weighted by molar-refractivity contribution is 7.99. The van der Waals surface area contributed by atoms with Gasteiger partial charge in [0.15, 0.2) is 0 Å². The molecule has 0 radical (unpaired) electrons. The van der Waals surface area contributed by atoms with Gasteiger partial charge in [0.1, 0.15) is 0 Å². The number of hydrogen-bond acceptors (Lipinski definition) is 4. The molecule has 1 aromatic rings. The Balaban J connectivity index is 2.94. The van der Waals surface area contributed by atoms with Gasteiger partial charge in [-0.15, -0.1) is 11.8 Å². The first-order valence-electron chi connectivity index (χ1n) is 4.29. The summed E-state index contributed by atoms with van der Waals surface area (Å²) in [5.41, 5.74) is 6.89. The van der Waals surface area contributed by atoms with Gasteiger partial charge in [0.2, 0.25) is 0 Å². The summed E-state index contributed by atoms with van der Waals surface area (Å²) >= 11 is 1.65. The summed E-state index contributed by atoms with van der Waals surface area (Å²) in [6.07, 6.45) is 0. The summed E-state index contributed by atoms with van der Waals surface area (Å²) in [5.74, 6) is 0.603. The maximum atomic E-state index is 11.2. The van der Waals surface area contributed by atoms with Crippen LogP contribution < -0.4 is 5.73 Å². The molecule has 14 heavy (non-hydrogen) atoms. The van der Waals surface area contributed by atoms with E-state index in [2.05, 4.69) is 11.7 Å². The lowest BCUT2D eigenvalue weighted by Gasteiger charge is -2.05. The SMILES string of the molecule is CCSc1ccc(C(=O)OC)cc1N. The van der Waals surface area contributed by atoms with Crippen LogP contribution in [0.3, 0.4) is 0 Å². The van der Waals surface area contributed by atoms with Crippen LogP contribution in [0.1, 0.15) is 17.3 Å². The Labute approximate surface area is 87.6 Å². The fourth-order valence-electron chi connectivity index (χ4n) is 1.08. The highest BCUT2D eigenvalue weighted by Gasteiger charge is 2.07. The monoisotopic (exact) mass is 211 g/mol. The third kappa shape index (κ3) is 2.42. The number of ether oxygens (including phenoxy) is 1. The molecular weight excluding hydrogens is 198 g/mol. The maximum Gasteiger partial charge on any atom is 0.337 e. The molecule has 0 unspecified atom stereocenters. The molecule has 0 amide bonds. The number of rotatable bonds is 3. The fraction of sp³-hybridized carbons (Fsp3) is 0.300. The van der Waals surface area contributed by atoms with Crippen LogP contribution >= 0.6 is 11.8 Å². The van der Waals surface area contributed by atoms with Crippen LogP contribution in [0.5, 0.6) is 0 Å². The van der Waals surface area contributed by atoms with E-state index in [4.69, 9.17) is 5.73 Å². The molecule has 0 saturated carbocycles. The van der Waals surface area contributed by atoms with Gasteiger partial charge in [0, 0.05) is 10.6 Å². The Kier molecular flexibility index (Phi) is 3.83. The van der Waals surface area contributed by atoms with E-state index in [0.717, 1.165) is 10.6 Å². The highest BCUT2D eigenvalue weighted by atomic mass is 32.2. The Hall–Kier alpha value is -1.16. The van der Waals surface area contributed by atoms with Gasteiger partial charge >= 0.3 is 5.97 Å². The van der Waals surface area contributed by atoms with E-state index >= 15 is 0 Å². The van der Waals surface area contributed by atoms with Gasteiger partial charge in [-0.2, -0.15) is 0 Å². The fourth-order valence-corrected chi connectivity index (χ4v) is 1.78. The minimum absolute atomic E-state index is 0.357. The van der Waals surface area contributed by atoms with Crippen LogP contribution in [0.2, 0.25) is 0 Å². The first-order valence-corrected chi connectivity index (χ1v) is 5.28. The molecule has 1 rings (SSSR count). The minimum Gasteiger partial charge on any atom is -0.465 e. The number of benzene rings is 1. The van der Waals surface area contributed by atoms with Crippen molar-refractivity contribution in [2.45, 2.75) is 11.8 Å². The summed E-state index contributed by atoms with van der Waals surface area (Å²) in [4.78, 5) is 12.2. The normalized spacial score (nSPS) is 9.86. The van der Waals surface area contributed by atoms with Gasteiger partial charge in [-0.3, -0.25) is 0 Å². The molecule has 3 nitrogen and oxygen atoms in total. The summed E-state index contributed by atoms with van der Waals surface area (Å²) in [7, 11) is 1.35. The van der Waals surface area contributed by atoms with E-state index in [0.29, 0.717) is 11.3 Å². The lowest BCUT2D eigenvalue weighted by molar-refractivity contribution is 0.0600. The zero-order valence-electron chi connectivity index (χ0n) is 8.24. The standard InChI is InChI=1S/C10H13NO2S/c1-3-14-9-5-4-7(6-8(9)11)10(12)13-2/h4-6H,3,11H2,1-2H3. The largest absolute Gasteiger partial charge is 0.465 e. The van der Waals surface area contributed by atoms with Crippen molar-refractivity contribution in [1.82, 2.24) is 0 Å². The van der Waals surface area contributed by atoms with E-state index in [1.165, 1.54) is 7.11 Å². The van der Waals surface area contributed by atoms with Gasteiger partial charge < -0.3 is 10.5 Å². The van der Waals surface area contributed by atoms with Crippen LogP contribution in [0.15, 0.2) is 23.1 Å². The van der Waals surface area contributed by atoms with E-state index < -0.39 is 0 Å². The molecule has 0 atom stereocenters.